The van der Waals surface area contributed by atoms with Gasteiger partial charge < -0.3 is 10.0 Å². The number of amides is 1. The van der Waals surface area contributed by atoms with E-state index in [1.54, 1.807) is 0 Å². The molecule has 0 bridgehead atoms. The summed E-state index contributed by atoms with van der Waals surface area (Å²) in [5.74, 6) is -8.41. The maximum Gasteiger partial charge on any atom is 0.383 e. The second kappa shape index (κ2) is 4.89. The lowest BCUT2D eigenvalue weighted by molar-refractivity contribution is -0.182. The molecule has 1 aliphatic rings. The molecule has 17 heavy (non-hydrogen) atoms. The third-order valence-electron chi connectivity index (χ3n) is 2.69. The van der Waals surface area contributed by atoms with Crippen molar-refractivity contribution in [1.29, 1.82) is 0 Å². The van der Waals surface area contributed by atoms with Crippen molar-refractivity contribution in [2.75, 3.05) is 13.1 Å². The van der Waals surface area contributed by atoms with Gasteiger partial charge in [-0.05, 0) is 12.8 Å². The van der Waals surface area contributed by atoms with Crippen molar-refractivity contribution in [3.8, 4) is 0 Å². The molecule has 1 rings (SSSR count). The van der Waals surface area contributed by atoms with Crippen molar-refractivity contribution in [3.63, 3.8) is 0 Å². The number of likely N-dealkylation sites (tertiary alicyclic amines) is 1. The van der Waals surface area contributed by atoms with E-state index in [2.05, 4.69) is 0 Å². The molecule has 0 aromatic carbocycles. The van der Waals surface area contributed by atoms with Gasteiger partial charge in [-0.2, -0.15) is 8.78 Å². The van der Waals surface area contributed by atoms with Gasteiger partial charge in [-0.15, -0.1) is 0 Å². The summed E-state index contributed by atoms with van der Waals surface area (Å²) in [6, 6.07) is 0. The van der Waals surface area contributed by atoms with Crippen LogP contribution in [0.1, 0.15) is 12.8 Å². The molecule has 0 aromatic heterocycles. The zero-order valence-corrected chi connectivity index (χ0v) is 8.71. The molecular formula is C9H11F4NO3. The van der Waals surface area contributed by atoms with Crippen LogP contribution in [-0.4, -0.2) is 47.3 Å². The zero-order chi connectivity index (χ0) is 13.2. The van der Waals surface area contributed by atoms with Crippen molar-refractivity contribution in [1.82, 2.24) is 4.90 Å². The third-order valence-corrected chi connectivity index (χ3v) is 2.69. The van der Waals surface area contributed by atoms with Crippen molar-refractivity contribution < 1.29 is 32.3 Å². The Labute approximate surface area is 94.2 Å². The average molecular weight is 257 g/mol. The summed E-state index contributed by atoms with van der Waals surface area (Å²) >= 11 is 0. The Bertz CT molecular complexity index is 313. The van der Waals surface area contributed by atoms with Gasteiger partial charge in [0.1, 0.15) is 0 Å². The van der Waals surface area contributed by atoms with E-state index in [-0.39, 0.29) is 25.9 Å². The number of carbonyl (C=O) groups is 2. The summed E-state index contributed by atoms with van der Waals surface area (Å²) in [6.07, 6.45) is -4.05. The Balaban J connectivity index is 2.60. The number of piperidine rings is 1. The van der Waals surface area contributed by atoms with Crippen LogP contribution < -0.4 is 0 Å². The summed E-state index contributed by atoms with van der Waals surface area (Å²) in [6.45, 7) is -0.476. The molecule has 98 valence electrons. The zero-order valence-electron chi connectivity index (χ0n) is 8.71. The SMILES string of the molecule is O=C(O)C1CCN(C(=O)C(F)(F)C(F)F)CC1. The highest BCUT2D eigenvalue weighted by Crippen LogP contribution is 2.28. The van der Waals surface area contributed by atoms with Crippen LogP contribution in [-0.2, 0) is 9.59 Å². The molecule has 1 amide bonds. The summed E-state index contributed by atoms with van der Waals surface area (Å²) in [5, 5.41) is 8.64. The van der Waals surface area contributed by atoms with E-state index >= 15 is 0 Å². The van der Waals surface area contributed by atoms with Gasteiger partial charge in [-0.3, -0.25) is 9.59 Å². The van der Waals surface area contributed by atoms with E-state index in [9.17, 15) is 27.2 Å². The van der Waals surface area contributed by atoms with Gasteiger partial charge in [0.15, 0.2) is 0 Å². The molecule has 4 nitrogen and oxygen atoms in total. The summed E-state index contributed by atoms with van der Waals surface area (Å²) in [4.78, 5) is 22.2. The molecule has 0 saturated carbocycles. The molecule has 0 radical (unpaired) electrons. The van der Waals surface area contributed by atoms with Crippen LogP contribution in [0.4, 0.5) is 17.6 Å². The van der Waals surface area contributed by atoms with Crippen molar-refractivity contribution >= 4 is 11.9 Å². The molecule has 0 aromatic rings. The minimum absolute atomic E-state index is 0.000388. The van der Waals surface area contributed by atoms with E-state index in [4.69, 9.17) is 5.11 Å². The molecule has 1 aliphatic heterocycles. The number of nitrogens with zero attached hydrogens (tertiary/aromatic N) is 1. The van der Waals surface area contributed by atoms with Gasteiger partial charge >= 0.3 is 18.3 Å². The van der Waals surface area contributed by atoms with Crippen LogP contribution in [0, 0.1) is 5.92 Å². The number of halogens is 4. The Hall–Kier alpha value is -1.34. The number of carbonyl (C=O) groups excluding carboxylic acids is 1. The maximum absolute atomic E-state index is 12.7. The highest BCUT2D eigenvalue weighted by molar-refractivity contribution is 5.84. The number of aliphatic carboxylic acids is 1. The van der Waals surface area contributed by atoms with E-state index in [0.29, 0.717) is 4.90 Å². The molecule has 1 saturated heterocycles. The fourth-order valence-corrected chi connectivity index (χ4v) is 1.63. The van der Waals surface area contributed by atoms with Crippen LogP contribution in [0.15, 0.2) is 0 Å². The van der Waals surface area contributed by atoms with Gasteiger partial charge in [-0.25, -0.2) is 8.78 Å². The lowest BCUT2D eigenvalue weighted by Crippen LogP contribution is -2.50. The van der Waals surface area contributed by atoms with Crippen LogP contribution in [0.3, 0.4) is 0 Å². The first kappa shape index (κ1) is 13.7. The lowest BCUT2D eigenvalue weighted by atomic mass is 9.97. The van der Waals surface area contributed by atoms with Gasteiger partial charge in [0.25, 0.3) is 5.91 Å². The Morgan fingerprint density at radius 2 is 1.71 bits per heavy atom. The van der Waals surface area contributed by atoms with Gasteiger partial charge in [-0.1, -0.05) is 0 Å². The molecule has 1 fully saturated rings. The molecule has 0 unspecified atom stereocenters. The highest BCUT2D eigenvalue weighted by Gasteiger charge is 2.51. The van der Waals surface area contributed by atoms with Gasteiger partial charge in [0.05, 0.1) is 5.92 Å². The first-order valence-corrected chi connectivity index (χ1v) is 4.95. The summed E-state index contributed by atoms with van der Waals surface area (Å²) in [7, 11) is 0. The Kier molecular flexibility index (Phi) is 3.94. The largest absolute Gasteiger partial charge is 0.481 e. The van der Waals surface area contributed by atoms with Crippen LogP contribution in [0.25, 0.3) is 0 Å². The number of hydrogen-bond acceptors (Lipinski definition) is 2. The molecular weight excluding hydrogens is 246 g/mol. The van der Waals surface area contributed by atoms with E-state index in [1.807, 2.05) is 0 Å². The first-order valence-electron chi connectivity index (χ1n) is 4.95. The smallest absolute Gasteiger partial charge is 0.383 e. The highest BCUT2D eigenvalue weighted by atomic mass is 19.3. The molecule has 1 N–H and O–H groups in total. The summed E-state index contributed by atoms with van der Waals surface area (Å²) < 4.78 is 49.3. The number of alkyl halides is 4. The minimum atomic E-state index is -4.70. The predicted octanol–water partition coefficient (Wildman–Crippen LogP) is 1.21. The topological polar surface area (TPSA) is 57.6 Å². The monoisotopic (exact) mass is 257 g/mol. The quantitative estimate of drug-likeness (QED) is 0.773. The van der Waals surface area contributed by atoms with Crippen LogP contribution >= 0.6 is 0 Å². The minimum Gasteiger partial charge on any atom is -0.481 e. The third kappa shape index (κ3) is 2.86. The molecule has 0 aliphatic carbocycles. The van der Waals surface area contributed by atoms with Crippen molar-refractivity contribution in [2.24, 2.45) is 5.92 Å². The Morgan fingerprint density at radius 3 is 2.06 bits per heavy atom. The number of carboxylic acids is 1. The van der Waals surface area contributed by atoms with Crippen LogP contribution in [0.5, 0.6) is 0 Å². The van der Waals surface area contributed by atoms with Gasteiger partial charge in [0.2, 0.25) is 0 Å². The average Bonchev–Trinajstić information content (AvgIpc) is 2.27. The molecule has 0 atom stereocenters. The van der Waals surface area contributed by atoms with Crippen LogP contribution in [0.2, 0.25) is 0 Å². The summed E-state index contributed by atoms with van der Waals surface area (Å²) in [5.41, 5.74) is 0. The number of rotatable bonds is 3. The lowest BCUT2D eigenvalue weighted by Gasteiger charge is -2.32. The normalized spacial score (nSPS) is 18.5. The standard InChI is InChI=1S/C9H11F4NO3/c10-7(11)9(12,13)8(17)14-3-1-5(2-4-14)6(15)16/h5,7H,1-4H2,(H,15,16). The fourth-order valence-electron chi connectivity index (χ4n) is 1.63. The number of carboxylic acid groups (broad SMARTS) is 1. The number of hydrogen-bond donors (Lipinski definition) is 1. The van der Waals surface area contributed by atoms with Gasteiger partial charge in [0, 0.05) is 13.1 Å². The van der Waals surface area contributed by atoms with Crippen molar-refractivity contribution in [2.45, 2.75) is 25.2 Å². The first-order chi connectivity index (χ1) is 7.76. The second-order valence-electron chi connectivity index (χ2n) is 3.83. The van der Waals surface area contributed by atoms with E-state index in [1.165, 1.54) is 0 Å². The molecule has 0 spiro atoms. The molecule has 1 heterocycles. The van der Waals surface area contributed by atoms with Crippen molar-refractivity contribution in [3.05, 3.63) is 0 Å². The fraction of sp³-hybridized carbons (Fsp3) is 0.778. The maximum atomic E-state index is 12.7. The van der Waals surface area contributed by atoms with E-state index < -0.39 is 30.1 Å². The second-order valence-corrected chi connectivity index (χ2v) is 3.83. The molecule has 8 heteroatoms. The predicted molar refractivity (Wildman–Crippen MR) is 47.9 cm³/mol. The Morgan fingerprint density at radius 1 is 1.24 bits per heavy atom. The van der Waals surface area contributed by atoms with E-state index in [0.717, 1.165) is 0 Å².